The van der Waals surface area contributed by atoms with Gasteiger partial charge in [-0.3, -0.25) is 0 Å². The number of hydrogen-bond acceptors (Lipinski definition) is 4. The van der Waals surface area contributed by atoms with Crippen molar-refractivity contribution >= 4 is 43.0 Å². The van der Waals surface area contributed by atoms with Gasteiger partial charge in [-0.15, -0.1) is 0 Å². The van der Waals surface area contributed by atoms with Crippen molar-refractivity contribution in [2.24, 2.45) is 0 Å². The van der Waals surface area contributed by atoms with Crippen LogP contribution in [-0.2, 0) is 16.5 Å². The zero-order chi connectivity index (χ0) is 18.5. The lowest BCUT2D eigenvalue weighted by Crippen LogP contribution is -2.57. The molecule has 0 aromatic rings. The molecular formula is C14H39O4Si5. The zero-order valence-corrected chi connectivity index (χ0v) is 22.3. The molecule has 0 aliphatic heterocycles. The molecule has 0 amide bonds. The molecule has 139 valence electrons. The number of unbranched alkanes of at least 4 members (excludes halogenated alkanes) is 1. The van der Waals surface area contributed by atoms with Crippen molar-refractivity contribution in [1.29, 1.82) is 0 Å². The van der Waals surface area contributed by atoms with E-state index in [1.54, 1.807) is 0 Å². The number of hydrogen-bond donors (Lipinski definition) is 0. The predicted molar refractivity (Wildman–Crippen MR) is 111 cm³/mol. The van der Waals surface area contributed by atoms with E-state index in [9.17, 15) is 0 Å². The van der Waals surface area contributed by atoms with Gasteiger partial charge in [-0.2, -0.15) is 0 Å². The van der Waals surface area contributed by atoms with Gasteiger partial charge in [-0.25, -0.2) is 0 Å². The fourth-order valence-electron chi connectivity index (χ4n) is 3.06. The molecule has 0 aromatic heterocycles. The van der Waals surface area contributed by atoms with Crippen molar-refractivity contribution < 1.29 is 16.5 Å². The minimum Gasteiger partial charge on any atom is -0.437 e. The average molecular weight is 412 g/mol. The van der Waals surface area contributed by atoms with Crippen molar-refractivity contribution in [3.05, 3.63) is 0 Å². The highest BCUT2D eigenvalue weighted by Crippen LogP contribution is 2.26. The molecule has 0 saturated heterocycles. The van der Waals surface area contributed by atoms with Crippen LogP contribution in [0.25, 0.3) is 0 Å². The summed E-state index contributed by atoms with van der Waals surface area (Å²) >= 11 is 0. The quantitative estimate of drug-likeness (QED) is 0.426. The van der Waals surface area contributed by atoms with Crippen molar-refractivity contribution in [3.63, 3.8) is 0 Å². The summed E-state index contributed by atoms with van der Waals surface area (Å²) in [6.07, 6.45) is 2.47. The maximum absolute atomic E-state index is 6.55. The van der Waals surface area contributed by atoms with Crippen LogP contribution in [0.4, 0.5) is 0 Å². The van der Waals surface area contributed by atoms with Crippen LogP contribution in [-0.4, -0.2) is 43.0 Å². The first-order chi connectivity index (χ1) is 10.1. The maximum Gasteiger partial charge on any atom is 0.314 e. The first kappa shape index (κ1) is 23.9. The Bertz CT molecular complexity index is 359. The highest BCUT2D eigenvalue weighted by atomic mass is 28.5. The molecular weight excluding hydrogens is 373 g/mol. The Morgan fingerprint density at radius 1 is 0.696 bits per heavy atom. The maximum atomic E-state index is 6.55. The normalized spacial score (nSPS) is 14.6. The molecule has 9 heteroatoms. The van der Waals surface area contributed by atoms with Gasteiger partial charge >= 0.3 is 25.7 Å². The minimum absolute atomic E-state index is 0.754. The third-order valence-corrected chi connectivity index (χ3v) is 20.3. The van der Waals surface area contributed by atoms with Crippen LogP contribution in [0.2, 0.25) is 71.5 Å². The van der Waals surface area contributed by atoms with E-state index in [-0.39, 0.29) is 0 Å². The lowest BCUT2D eigenvalue weighted by atomic mass is 10.4. The summed E-state index contributed by atoms with van der Waals surface area (Å²) in [7, 11) is -8.98. The molecule has 0 aromatic carbocycles. The van der Waals surface area contributed by atoms with Crippen LogP contribution in [0.1, 0.15) is 19.8 Å². The lowest BCUT2D eigenvalue weighted by molar-refractivity contribution is 0.301. The third kappa shape index (κ3) is 12.0. The Labute approximate surface area is 150 Å². The summed E-state index contributed by atoms with van der Waals surface area (Å²) in [5.74, 6) is 0. The Morgan fingerprint density at radius 2 is 1.13 bits per heavy atom. The summed E-state index contributed by atoms with van der Waals surface area (Å²) < 4.78 is 25.5. The predicted octanol–water partition coefficient (Wildman–Crippen LogP) is 5.41. The Morgan fingerprint density at radius 3 is 1.57 bits per heavy atom. The zero-order valence-electron chi connectivity index (χ0n) is 17.3. The first-order valence-electron chi connectivity index (χ1n) is 8.69. The summed E-state index contributed by atoms with van der Waals surface area (Å²) in [6.45, 7) is 24.0. The third-order valence-electron chi connectivity index (χ3n) is 3.09. The molecule has 0 saturated carbocycles. The second kappa shape index (κ2) is 9.03. The van der Waals surface area contributed by atoms with E-state index >= 15 is 0 Å². The summed E-state index contributed by atoms with van der Waals surface area (Å²) in [5, 5.41) is 0. The van der Waals surface area contributed by atoms with Gasteiger partial charge in [0.25, 0.3) is 0 Å². The summed E-state index contributed by atoms with van der Waals surface area (Å²) in [6, 6.07) is 1.20. The standard InChI is InChI=1S/C14H39O4Si5/c1-12-13-14-20(4,5)16-22(8,9)18-23(10,11)17-21(6,7)15-19(2)3/h12-14H2,1-11H3. The van der Waals surface area contributed by atoms with Crippen LogP contribution >= 0.6 is 0 Å². The average Bonchev–Trinajstić information content (AvgIpc) is 2.18. The molecule has 0 spiro atoms. The molecule has 0 heterocycles. The SMILES string of the molecule is CCCC[Si](C)(C)O[Si](C)(C)O[Si](C)(C)O[Si](C)(C)O[Si](C)C. The second-order valence-corrected chi connectivity index (χ2v) is 25.9. The number of rotatable bonds is 11. The van der Waals surface area contributed by atoms with Crippen LogP contribution in [0.3, 0.4) is 0 Å². The fourth-order valence-corrected chi connectivity index (χ4v) is 25.0. The molecule has 0 aliphatic rings. The van der Waals surface area contributed by atoms with Crippen LogP contribution in [0.5, 0.6) is 0 Å². The molecule has 0 aliphatic carbocycles. The molecule has 0 fully saturated rings. The monoisotopic (exact) mass is 411 g/mol. The molecule has 0 atom stereocenters. The van der Waals surface area contributed by atoms with Crippen LogP contribution in [0.15, 0.2) is 0 Å². The molecule has 4 nitrogen and oxygen atoms in total. The van der Waals surface area contributed by atoms with Gasteiger partial charge in [0, 0.05) is 0 Å². The van der Waals surface area contributed by atoms with Crippen molar-refractivity contribution in [3.8, 4) is 0 Å². The van der Waals surface area contributed by atoms with Gasteiger partial charge in [0.2, 0.25) is 0 Å². The van der Waals surface area contributed by atoms with Crippen molar-refractivity contribution in [1.82, 2.24) is 0 Å². The topological polar surface area (TPSA) is 36.9 Å². The Kier molecular flexibility index (Phi) is 9.40. The van der Waals surface area contributed by atoms with Gasteiger partial charge in [0.15, 0.2) is 17.4 Å². The molecule has 0 N–H and O–H groups in total. The summed E-state index contributed by atoms with van der Waals surface area (Å²) in [4.78, 5) is 0. The largest absolute Gasteiger partial charge is 0.437 e. The van der Waals surface area contributed by atoms with E-state index in [1.165, 1.54) is 18.9 Å². The van der Waals surface area contributed by atoms with E-state index in [4.69, 9.17) is 16.5 Å². The van der Waals surface area contributed by atoms with Gasteiger partial charge in [0.1, 0.15) is 0 Å². The molecule has 1 radical (unpaired) electrons. The molecule has 0 bridgehead atoms. The minimum atomic E-state index is -2.26. The van der Waals surface area contributed by atoms with E-state index in [1.807, 2.05) is 0 Å². The van der Waals surface area contributed by atoms with E-state index in [0.29, 0.717) is 0 Å². The van der Waals surface area contributed by atoms with Gasteiger partial charge in [0.05, 0.1) is 0 Å². The van der Waals surface area contributed by atoms with Gasteiger partial charge in [-0.1, -0.05) is 19.8 Å². The van der Waals surface area contributed by atoms with Crippen molar-refractivity contribution in [2.45, 2.75) is 91.3 Å². The van der Waals surface area contributed by atoms with E-state index < -0.39 is 43.0 Å². The smallest absolute Gasteiger partial charge is 0.314 e. The van der Waals surface area contributed by atoms with Gasteiger partial charge < -0.3 is 16.5 Å². The van der Waals surface area contributed by atoms with Crippen LogP contribution in [0, 0.1) is 0 Å². The molecule has 0 unspecified atom stereocenters. The summed E-state index contributed by atoms with van der Waals surface area (Å²) in [5.41, 5.74) is 0. The van der Waals surface area contributed by atoms with E-state index in [0.717, 1.165) is 0 Å². The highest BCUT2D eigenvalue weighted by Gasteiger charge is 2.44. The second-order valence-electron chi connectivity index (χ2n) is 8.38. The highest BCUT2D eigenvalue weighted by molar-refractivity contribution is 6.89. The molecule has 0 rings (SSSR count). The first-order valence-corrected chi connectivity index (χ1v) is 22.7. The van der Waals surface area contributed by atoms with Gasteiger partial charge in [-0.05, 0) is 71.5 Å². The van der Waals surface area contributed by atoms with Crippen molar-refractivity contribution in [2.75, 3.05) is 0 Å². The van der Waals surface area contributed by atoms with Crippen LogP contribution < -0.4 is 0 Å². The lowest BCUT2D eigenvalue weighted by Gasteiger charge is -2.41. The van der Waals surface area contributed by atoms with E-state index in [2.05, 4.69) is 72.4 Å². The Balaban J connectivity index is 4.79. The Hall–Kier alpha value is 0.924. The fraction of sp³-hybridized carbons (Fsp3) is 1.00. The molecule has 23 heavy (non-hydrogen) atoms.